The average molecular weight is 130 g/mol. The average Bonchev–Trinajstić information content (AvgIpc) is 2.18. The van der Waals surface area contributed by atoms with E-state index in [-0.39, 0.29) is 0 Å². The highest BCUT2D eigenvalue weighted by molar-refractivity contribution is 4.74. The molecule has 54 valence electrons. The Morgan fingerprint density at radius 1 is 1.78 bits per heavy atom. The van der Waals surface area contributed by atoms with Crippen molar-refractivity contribution in [2.45, 2.75) is 18.9 Å². The smallest absolute Gasteiger partial charge is 0.0834 e. The molecule has 0 aromatic rings. The molecule has 2 N–H and O–H groups in total. The molecule has 1 saturated heterocycles. The van der Waals surface area contributed by atoms with Crippen LogP contribution in [0.15, 0.2) is 0 Å². The first kappa shape index (κ1) is 6.99. The fraction of sp³-hybridized carbons (Fsp3) is 1.00. The molecule has 0 amide bonds. The summed E-state index contributed by atoms with van der Waals surface area (Å²) in [7, 11) is 2.11. The lowest BCUT2D eigenvalue weighted by atomic mass is 10.2. The summed E-state index contributed by atoms with van der Waals surface area (Å²) in [5.41, 5.74) is 0. The number of likely N-dealkylation sites (tertiary alicyclic amines) is 1. The molecule has 1 fully saturated rings. The number of rotatable bonds is 2. The van der Waals surface area contributed by atoms with Crippen LogP contribution in [0.5, 0.6) is 0 Å². The van der Waals surface area contributed by atoms with Gasteiger partial charge in [0.1, 0.15) is 0 Å². The van der Waals surface area contributed by atoms with E-state index in [2.05, 4.69) is 16.8 Å². The van der Waals surface area contributed by atoms with Gasteiger partial charge in [-0.3, -0.25) is 0 Å². The first-order chi connectivity index (χ1) is 4.34. The molecule has 1 aliphatic heterocycles. The molecule has 1 heterocycles. The molecule has 3 heteroatoms. The van der Waals surface area contributed by atoms with Crippen molar-refractivity contribution in [2.75, 3.05) is 20.2 Å². The Kier molecular flexibility index (Phi) is 2.45. The van der Waals surface area contributed by atoms with Crippen molar-refractivity contribution < 1.29 is 4.84 Å². The van der Waals surface area contributed by atoms with Gasteiger partial charge >= 0.3 is 0 Å². The van der Waals surface area contributed by atoms with Crippen LogP contribution in [0.4, 0.5) is 0 Å². The summed E-state index contributed by atoms with van der Waals surface area (Å²) < 4.78 is 0. The maximum atomic E-state index is 4.94. The summed E-state index contributed by atoms with van der Waals surface area (Å²) in [5, 5.41) is 0. The van der Waals surface area contributed by atoms with Crippen molar-refractivity contribution in [3.63, 3.8) is 0 Å². The highest BCUT2D eigenvalue weighted by Gasteiger charge is 2.19. The first-order valence-electron chi connectivity index (χ1n) is 3.36. The van der Waals surface area contributed by atoms with Crippen LogP contribution in [0.2, 0.25) is 0 Å². The minimum Gasteiger partial charge on any atom is -0.303 e. The zero-order valence-corrected chi connectivity index (χ0v) is 5.84. The van der Waals surface area contributed by atoms with E-state index in [1.54, 1.807) is 0 Å². The number of nitrogens with two attached hydrogens (primary N) is 1. The lowest BCUT2D eigenvalue weighted by Crippen LogP contribution is -2.30. The fourth-order valence-electron chi connectivity index (χ4n) is 1.30. The summed E-state index contributed by atoms with van der Waals surface area (Å²) in [5.74, 6) is 4.94. The van der Waals surface area contributed by atoms with Crippen LogP contribution in [-0.2, 0) is 4.84 Å². The highest BCUT2D eigenvalue weighted by Crippen LogP contribution is 2.13. The molecule has 0 saturated carbocycles. The molecule has 0 bridgehead atoms. The third-order valence-electron chi connectivity index (χ3n) is 1.96. The molecule has 0 spiro atoms. The molecule has 1 aliphatic rings. The van der Waals surface area contributed by atoms with Crippen molar-refractivity contribution >= 4 is 0 Å². The van der Waals surface area contributed by atoms with Gasteiger partial charge in [0.25, 0.3) is 0 Å². The van der Waals surface area contributed by atoms with Crippen LogP contribution >= 0.6 is 0 Å². The van der Waals surface area contributed by atoms with Gasteiger partial charge in [-0.15, -0.1) is 0 Å². The van der Waals surface area contributed by atoms with Crippen LogP contribution in [0.1, 0.15) is 12.8 Å². The molecular weight excluding hydrogens is 116 g/mol. The monoisotopic (exact) mass is 130 g/mol. The highest BCUT2D eigenvalue weighted by atomic mass is 16.6. The van der Waals surface area contributed by atoms with Gasteiger partial charge in [-0.25, -0.2) is 5.90 Å². The number of likely N-dealkylation sites (N-methyl/N-ethyl adjacent to an activating group) is 1. The van der Waals surface area contributed by atoms with Crippen molar-refractivity contribution in [1.82, 2.24) is 4.90 Å². The van der Waals surface area contributed by atoms with E-state index < -0.39 is 0 Å². The Balaban J connectivity index is 2.22. The number of nitrogens with zero attached hydrogens (tertiary/aromatic N) is 1. The molecule has 9 heavy (non-hydrogen) atoms. The molecule has 0 aromatic heterocycles. The second kappa shape index (κ2) is 3.15. The van der Waals surface area contributed by atoms with Crippen LogP contribution in [-0.4, -0.2) is 31.1 Å². The third-order valence-corrected chi connectivity index (χ3v) is 1.96. The van der Waals surface area contributed by atoms with Gasteiger partial charge in [0.2, 0.25) is 0 Å². The first-order valence-corrected chi connectivity index (χ1v) is 3.36. The fourth-order valence-corrected chi connectivity index (χ4v) is 1.30. The van der Waals surface area contributed by atoms with E-state index in [0.29, 0.717) is 12.6 Å². The second-order valence-corrected chi connectivity index (χ2v) is 2.61. The van der Waals surface area contributed by atoms with E-state index >= 15 is 0 Å². The maximum Gasteiger partial charge on any atom is 0.0834 e. The molecule has 3 nitrogen and oxygen atoms in total. The third kappa shape index (κ3) is 1.64. The molecule has 0 aliphatic carbocycles. The maximum absolute atomic E-state index is 4.94. The summed E-state index contributed by atoms with van der Waals surface area (Å²) in [4.78, 5) is 6.84. The second-order valence-electron chi connectivity index (χ2n) is 2.61. The number of hydrogen-bond donors (Lipinski definition) is 1. The zero-order chi connectivity index (χ0) is 6.69. The quantitative estimate of drug-likeness (QED) is 0.533. The Morgan fingerprint density at radius 3 is 3.00 bits per heavy atom. The van der Waals surface area contributed by atoms with E-state index in [1.807, 2.05) is 0 Å². The SMILES string of the molecule is CN1CCC[C@H]1CON. The zero-order valence-electron chi connectivity index (χ0n) is 5.84. The van der Waals surface area contributed by atoms with Gasteiger partial charge < -0.3 is 9.74 Å². The van der Waals surface area contributed by atoms with Gasteiger partial charge in [-0.05, 0) is 26.4 Å². The summed E-state index contributed by atoms with van der Waals surface area (Å²) >= 11 is 0. The van der Waals surface area contributed by atoms with Gasteiger partial charge in [-0.2, -0.15) is 0 Å². The Hall–Kier alpha value is -0.120. The number of hydrogen-bond acceptors (Lipinski definition) is 3. The summed E-state index contributed by atoms with van der Waals surface area (Å²) in [6, 6.07) is 0.565. The molecule has 0 aromatic carbocycles. The van der Waals surface area contributed by atoms with Crippen molar-refractivity contribution in [3.05, 3.63) is 0 Å². The molecule has 0 unspecified atom stereocenters. The standard InChI is InChI=1S/C6H14N2O/c1-8-4-2-3-6(8)5-9-7/h6H,2-5,7H2,1H3/t6-/m0/s1. The lowest BCUT2D eigenvalue weighted by Gasteiger charge is -2.16. The molecular formula is C6H14N2O. The van der Waals surface area contributed by atoms with Gasteiger partial charge in [0.15, 0.2) is 0 Å². The molecule has 1 atom stereocenters. The van der Waals surface area contributed by atoms with Crippen LogP contribution in [0, 0.1) is 0 Å². The summed E-state index contributed by atoms with van der Waals surface area (Å²) in [6.07, 6.45) is 2.51. The van der Waals surface area contributed by atoms with Crippen LogP contribution < -0.4 is 5.90 Å². The Labute approximate surface area is 55.7 Å². The lowest BCUT2D eigenvalue weighted by molar-refractivity contribution is 0.0870. The minimum absolute atomic E-state index is 0.565. The van der Waals surface area contributed by atoms with Crippen molar-refractivity contribution in [2.24, 2.45) is 5.90 Å². The summed E-state index contributed by atoms with van der Waals surface area (Å²) in [6.45, 7) is 1.87. The van der Waals surface area contributed by atoms with Crippen molar-refractivity contribution in [3.8, 4) is 0 Å². The predicted molar refractivity (Wildman–Crippen MR) is 35.8 cm³/mol. The molecule has 1 rings (SSSR count). The Bertz CT molecular complexity index is 87.1. The van der Waals surface area contributed by atoms with Crippen molar-refractivity contribution in [1.29, 1.82) is 0 Å². The molecule has 0 radical (unpaired) electrons. The van der Waals surface area contributed by atoms with Gasteiger partial charge in [0, 0.05) is 6.04 Å². The Morgan fingerprint density at radius 2 is 2.56 bits per heavy atom. The van der Waals surface area contributed by atoms with E-state index in [4.69, 9.17) is 5.90 Å². The topological polar surface area (TPSA) is 38.5 Å². The minimum atomic E-state index is 0.565. The normalized spacial score (nSPS) is 29.3. The van der Waals surface area contributed by atoms with Crippen LogP contribution in [0.25, 0.3) is 0 Å². The largest absolute Gasteiger partial charge is 0.303 e. The van der Waals surface area contributed by atoms with E-state index in [9.17, 15) is 0 Å². The van der Waals surface area contributed by atoms with Crippen LogP contribution in [0.3, 0.4) is 0 Å². The van der Waals surface area contributed by atoms with E-state index in [0.717, 1.165) is 0 Å². The van der Waals surface area contributed by atoms with Gasteiger partial charge in [-0.1, -0.05) is 0 Å². The van der Waals surface area contributed by atoms with Gasteiger partial charge in [0.05, 0.1) is 6.61 Å². The predicted octanol–water partition coefficient (Wildman–Crippen LogP) is -0.0291. The van der Waals surface area contributed by atoms with E-state index in [1.165, 1.54) is 19.4 Å².